The maximum Gasteiger partial charge on any atom is 0.127 e. The zero-order chi connectivity index (χ0) is 13.2. The van der Waals surface area contributed by atoms with Gasteiger partial charge in [-0.1, -0.05) is 0 Å². The van der Waals surface area contributed by atoms with Gasteiger partial charge in [0.25, 0.3) is 0 Å². The van der Waals surface area contributed by atoms with Gasteiger partial charge < -0.3 is 5.32 Å². The van der Waals surface area contributed by atoms with E-state index in [1.807, 2.05) is 0 Å². The van der Waals surface area contributed by atoms with E-state index in [4.69, 9.17) is 0 Å². The lowest BCUT2D eigenvalue weighted by Crippen LogP contribution is -2.46. The number of nitrogens with zero attached hydrogens (tertiary/aromatic N) is 1. The van der Waals surface area contributed by atoms with Crippen molar-refractivity contribution in [1.82, 2.24) is 10.2 Å². The summed E-state index contributed by atoms with van der Waals surface area (Å²) in [6.07, 6.45) is 1.03. The first-order valence-electron chi connectivity index (χ1n) is 6.38. The molecule has 0 saturated carbocycles. The van der Waals surface area contributed by atoms with Crippen LogP contribution in [0.1, 0.15) is 25.8 Å². The predicted molar refractivity (Wildman–Crippen MR) is 68.3 cm³/mol. The standard InChI is InChI=1S/C14H20F2N2/c1-14(2)10-18(7-3-6-17-14)9-11-8-12(15)4-5-13(11)16/h4-5,8,17H,3,6-7,9-10H2,1-2H3. The quantitative estimate of drug-likeness (QED) is 0.872. The van der Waals surface area contributed by atoms with Crippen molar-refractivity contribution in [2.45, 2.75) is 32.4 Å². The van der Waals surface area contributed by atoms with Crippen LogP contribution >= 0.6 is 0 Å². The van der Waals surface area contributed by atoms with Crippen molar-refractivity contribution in [1.29, 1.82) is 0 Å². The van der Waals surface area contributed by atoms with Crippen LogP contribution in [0.3, 0.4) is 0 Å². The first-order valence-corrected chi connectivity index (χ1v) is 6.38. The van der Waals surface area contributed by atoms with Gasteiger partial charge in [-0.05, 0) is 51.6 Å². The Labute approximate surface area is 107 Å². The lowest BCUT2D eigenvalue weighted by atomic mass is 10.1. The summed E-state index contributed by atoms with van der Waals surface area (Å²) in [4.78, 5) is 2.18. The Balaban J connectivity index is 2.10. The number of hydrogen-bond acceptors (Lipinski definition) is 2. The molecule has 0 unspecified atom stereocenters. The summed E-state index contributed by atoms with van der Waals surface area (Å²) in [6, 6.07) is 3.65. The normalized spacial score (nSPS) is 20.7. The van der Waals surface area contributed by atoms with Gasteiger partial charge in [0.2, 0.25) is 0 Å². The predicted octanol–water partition coefficient (Wildman–Crippen LogP) is 2.54. The Hall–Kier alpha value is -1.00. The summed E-state index contributed by atoms with van der Waals surface area (Å²) in [5.41, 5.74) is 0.452. The second kappa shape index (κ2) is 5.33. The molecule has 18 heavy (non-hydrogen) atoms. The molecule has 4 heteroatoms. The Kier molecular flexibility index (Phi) is 3.97. The smallest absolute Gasteiger partial charge is 0.127 e. The van der Waals surface area contributed by atoms with Gasteiger partial charge in [-0.25, -0.2) is 8.78 Å². The summed E-state index contributed by atoms with van der Waals surface area (Å²) in [7, 11) is 0. The lowest BCUT2D eigenvalue weighted by Gasteiger charge is -2.30. The van der Waals surface area contributed by atoms with Crippen LogP contribution in [0.4, 0.5) is 8.78 Å². The van der Waals surface area contributed by atoms with Crippen molar-refractivity contribution in [2.24, 2.45) is 0 Å². The van der Waals surface area contributed by atoms with E-state index < -0.39 is 0 Å². The molecule has 0 atom stereocenters. The van der Waals surface area contributed by atoms with Crippen LogP contribution in [0, 0.1) is 11.6 Å². The second-order valence-corrected chi connectivity index (χ2v) is 5.61. The molecular weight excluding hydrogens is 234 g/mol. The molecule has 0 spiro atoms. The Bertz CT molecular complexity index is 418. The van der Waals surface area contributed by atoms with E-state index in [-0.39, 0.29) is 17.2 Å². The average molecular weight is 254 g/mol. The summed E-state index contributed by atoms with van der Waals surface area (Å²) in [5.74, 6) is -0.704. The number of benzene rings is 1. The van der Waals surface area contributed by atoms with Gasteiger partial charge in [0, 0.05) is 24.2 Å². The fourth-order valence-electron chi connectivity index (χ4n) is 2.46. The molecule has 1 fully saturated rings. The molecule has 1 N–H and O–H groups in total. The van der Waals surface area contributed by atoms with Gasteiger partial charge >= 0.3 is 0 Å². The van der Waals surface area contributed by atoms with Crippen LogP contribution < -0.4 is 5.32 Å². The molecule has 2 nitrogen and oxygen atoms in total. The SMILES string of the molecule is CC1(C)CN(Cc2cc(F)ccc2F)CCCN1. The maximum atomic E-state index is 13.6. The fourth-order valence-corrected chi connectivity index (χ4v) is 2.46. The van der Waals surface area contributed by atoms with Crippen molar-refractivity contribution in [3.63, 3.8) is 0 Å². The molecule has 0 aliphatic carbocycles. The lowest BCUT2D eigenvalue weighted by molar-refractivity contribution is 0.221. The Morgan fingerprint density at radius 2 is 2.11 bits per heavy atom. The molecule has 0 aromatic heterocycles. The molecule has 1 aromatic rings. The fraction of sp³-hybridized carbons (Fsp3) is 0.571. The zero-order valence-electron chi connectivity index (χ0n) is 11.0. The maximum absolute atomic E-state index is 13.6. The molecular formula is C14H20F2N2. The summed E-state index contributed by atoms with van der Waals surface area (Å²) in [6.45, 7) is 7.44. The number of hydrogen-bond donors (Lipinski definition) is 1. The van der Waals surface area contributed by atoms with E-state index >= 15 is 0 Å². The molecule has 1 aliphatic heterocycles. The van der Waals surface area contributed by atoms with Gasteiger partial charge in [0.15, 0.2) is 0 Å². The number of halogens is 2. The minimum Gasteiger partial charge on any atom is -0.310 e. The highest BCUT2D eigenvalue weighted by Crippen LogP contribution is 2.16. The van der Waals surface area contributed by atoms with Crippen LogP contribution in [-0.4, -0.2) is 30.1 Å². The van der Waals surface area contributed by atoms with Gasteiger partial charge in [-0.3, -0.25) is 4.90 Å². The van der Waals surface area contributed by atoms with E-state index in [2.05, 4.69) is 24.1 Å². The van der Waals surface area contributed by atoms with Crippen molar-refractivity contribution < 1.29 is 8.78 Å². The molecule has 0 bridgehead atoms. The minimum atomic E-state index is -0.376. The molecule has 1 aromatic carbocycles. The second-order valence-electron chi connectivity index (χ2n) is 5.61. The molecule has 1 saturated heterocycles. The van der Waals surface area contributed by atoms with E-state index in [9.17, 15) is 8.78 Å². The molecule has 100 valence electrons. The Morgan fingerprint density at radius 1 is 1.33 bits per heavy atom. The van der Waals surface area contributed by atoms with Crippen molar-refractivity contribution in [3.8, 4) is 0 Å². The topological polar surface area (TPSA) is 15.3 Å². The highest BCUT2D eigenvalue weighted by atomic mass is 19.1. The van der Waals surface area contributed by atoms with Gasteiger partial charge in [-0.15, -0.1) is 0 Å². The van der Waals surface area contributed by atoms with Crippen LogP contribution in [-0.2, 0) is 6.54 Å². The van der Waals surface area contributed by atoms with Crippen molar-refractivity contribution in [2.75, 3.05) is 19.6 Å². The van der Waals surface area contributed by atoms with Crippen LogP contribution in [0.25, 0.3) is 0 Å². The zero-order valence-corrected chi connectivity index (χ0v) is 11.0. The molecule has 0 amide bonds. The third-order valence-electron chi connectivity index (χ3n) is 3.28. The third kappa shape index (κ3) is 3.50. The molecule has 0 radical (unpaired) electrons. The van der Waals surface area contributed by atoms with E-state index in [0.717, 1.165) is 32.1 Å². The first-order chi connectivity index (χ1) is 8.46. The third-order valence-corrected chi connectivity index (χ3v) is 3.28. The summed E-state index contributed by atoms with van der Waals surface area (Å²) >= 11 is 0. The summed E-state index contributed by atoms with van der Waals surface area (Å²) in [5, 5.41) is 3.45. The Morgan fingerprint density at radius 3 is 2.89 bits per heavy atom. The van der Waals surface area contributed by atoms with Crippen LogP contribution in [0.15, 0.2) is 18.2 Å². The van der Waals surface area contributed by atoms with Crippen LogP contribution in [0.5, 0.6) is 0 Å². The highest BCUT2D eigenvalue weighted by molar-refractivity contribution is 5.18. The van der Waals surface area contributed by atoms with Crippen molar-refractivity contribution >= 4 is 0 Å². The molecule has 2 rings (SSSR count). The highest BCUT2D eigenvalue weighted by Gasteiger charge is 2.24. The van der Waals surface area contributed by atoms with E-state index in [1.54, 1.807) is 0 Å². The molecule has 1 aliphatic rings. The van der Waals surface area contributed by atoms with Crippen LogP contribution in [0.2, 0.25) is 0 Å². The minimum absolute atomic E-state index is 0.0142. The van der Waals surface area contributed by atoms with E-state index in [1.165, 1.54) is 12.1 Å². The summed E-state index contributed by atoms with van der Waals surface area (Å²) < 4.78 is 26.7. The average Bonchev–Trinajstić information content (AvgIpc) is 2.44. The van der Waals surface area contributed by atoms with Gasteiger partial charge in [0.1, 0.15) is 11.6 Å². The largest absolute Gasteiger partial charge is 0.310 e. The van der Waals surface area contributed by atoms with Gasteiger partial charge in [-0.2, -0.15) is 0 Å². The van der Waals surface area contributed by atoms with E-state index in [0.29, 0.717) is 12.1 Å². The van der Waals surface area contributed by atoms with Crippen molar-refractivity contribution in [3.05, 3.63) is 35.4 Å². The monoisotopic (exact) mass is 254 g/mol. The molecule has 1 heterocycles. The number of rotatable bonds is 2. The van der Waals surface area contributed by atoms with Gasteiger partial charge in [0.05, 0.1) is 0 Å². The first kappa shape index (κ1) is 13.4. The number of nitrogens with one attached hydrogen (secondary N) is 1.